The summed E-state index contributed by atoms with van der Waals surface area (Å²) in [5, 5.41) is 18.2. The molecule has 1 aromatic rings. The van der Waals surface area contributed by atoms with Crippen molar-refractivity contribution in [1.29, 1.82) is 10.5 Å². The number of hydrogen-bond donors (Lipinski definition) is 1. The molecule has 0 radical (unpaired) electrons. The van der Waals surface area contributed by atoms with Crippen molar-refractivity contribution in [2.75, 3.05) is 18.8 Å². The van der Waals surface area contributed by atoms with Crippen LogP contribution < -0.4 is 5.73 Å². The maximum atomic E-state index is 12.6. The summed E-state index contributed by atoms with van der Waals surface area (Å²) in [6.07, 6.45) is 4.40. The number of nitriles is 2. The quantitative estimate of drug-likeness (QED) is 0.853. The van der Waals surface area contributed by atoms with Crippen LogP contribution >= 0.6 is 11.8 Å². The lowest BCUT2D eigenvalue weighted by atomic mass is 10.2. The number of hydrogen-bond acceptors (Lipinski definition) is 6. The number of nitrogen functional groups attached to an aromatic ring is 1. The molecule has 2 rings (SSSR count). The average Bonchev–Trinajstić information content (AvgIpc) is 2.83. The van der Waals surface area contributed by atoms with Crippen LogP contribution in [0.15, 0.2) is 11.1 Å². The van der Waals surface area contributed by atoms with Gasteiger partial charge in [-0.25, -0.2) is 4.98 Å². The highest BCUT2D eigenvalue weighted by Crippen LogP contribution is 2.28. The average molecular weight is 329 g/mol. The summed E-state index contributed by atoms with van der Waals surface area (Å²) in [5.41, 5.74) is 6.17. The molecule has 1 aromatic heterocycles. The van der Waals surface area contributed by atoms with E-state index in [4.69, 9.17) is 11.0 Å². The number of carbonyl (C=O) groups is 1. The monoisotopic (exact) mass is 329 g/mol. The first-order chi connectivity index (χ1) is 11.1. The first-order valence-electron chi connectivity index (χ1n) is 7.63. The largest absolute Gasteiger partial charge is 0.383 e. The van der Waals surface area contributed by atoms with Gasteiger partial charge in [0.1, 0.15) is 23.0 Å². The Morgan fingerprint density at radius 2 is 1.87 bits per heavy atom. The fourth-order valence-electron chi connectivity index (χ4n) is 2.54. The van der Waals surface area contributed by atoms with Crippen molar-refractivity contribution in [2.45, 2.75) is 42.9 Å². The Bertz CT molecular complexity index is 668. The first-order valence-corrected chi connectivity index (χ1v) is 8.51. The van der Waals surface area contributed by atoms with E-state index >= 15 is 0 Å². The van der Waals surface area contributed by atoms with Crippen LogP contribution in [0.2, 0.25) is 0 Å². The van der Waals surface area contributed by atoms with Crippen molar-refractivity contribution >= 4 is 23.5 Å². The predicted molar refractivity (Wildman–Crippen MR) is 88.4 cm³/mol. The second kappa shape index (κ2) is 7.85. The van der Waals surface area contributed by atoms with Crippen LogP contribution in [0.1, 0.15) is 43.7 Å². The van der Waals surface area contributed by atoms with Crippen molar-refractivity contribution in [3.8, 4) is 12.1 Å². The van der Waals surface area contributed by atoms with Gasteiger partial charge in [0, 0.05) is 13.1 Å². The van der Waals surface area contributed by atoms with E-state index in [0.29, 0.717) is 5.03 Å². The number of aromatic nitrogens is 1. The van der Waals surface area contributed by atoms with Crippen LogP contribution in [-0.4, -0.2) is 34.1 Å². The van der Waals surface area contributed by atoms with Gasteiger partial charge in [-0.1, -0.05) is 24.6 Å². The number of thioether (sulfide) groups is 1. The molecule has 1 atom stereocenters. The summed E-state index contributed by atoms with van der Waals surface area (Å²) in [5.74, 6) is 0.147. The minimum Gasteiger partial charge on any atom is -0.383 e. The maximum Gasteiger partial charge on any atom is 0.235 e. The van der Waals surface area contributed by atoms with Gasteiger partial charge in [0.25, 0.3) is 0 Å². The van der Waals surface area contributed by atoms with Crippen LogP contribution in [0.3, 0.4) is 0 Å². The first kappa shape index (κ1) is 17.1. The normalized spacial score (nSPS) is 16.0. The highest BCUT2D eigenvalue weighted by Gasteiger charge is 2.24. The summed E-state index contributed by atoms with van der Waals surface area (Å²) >= 11 is 1.22. The third kappa shape index (κ3) is 4.14. The molecular formula is C16H19N5OS. The van der Waals surface area contributed by atoms with E-state index in [-0.39, 0.29) is 28.1 Å². The van der Waals surface area contributed by atoms with Gasteiger partial charge in [0.05, 0.1) is 16.4 Å². The van der Waals surface area contributed by atoms with Crippen LogP contribution in [0, 0.1) is 22.7 Å². The smallest absolute Gasteiger partial charge is 0.235 e. The molecule has 0 spiro atoms. The van der Waals surface area contributed by atoms with Gasteiger partial charge in [-0.15, -0.1) is 0 Å². The van der Waals surface area contributed by atoms with E-state index in [0.717, 1.165) is 38.8 Å². The van der Waals surface area contributed by atoms with Gasteiger partial charge in [-0.2, -0.15) is 10.5 Å². The molecule has 1 saturated heterocycles. The third-order valence-corrected chi connectivity index (χ3v) is 4.90. The number of rotatable bonds is 3. The second-order valence-corrected chi connectivity index (χ2v) is 6.83. The molecule has 2 heterocycles. The number of likely N-dealkylation sites (tertiary alicyclic amines) is 1. The third-order valence-electron chi connectivity index (χ3n) is 3.81. The molecule has 7 heteroatoms. The molecule has 23 heavy (non-hydrogen) atoms. The van der Waals surface area contributed by atoms with E-state index in [1.54, 1.807) is 0 Å². The fourth-order valence-corrected chi connectivity index (χ4v) is 3.50. The van der Waals surface area contributed by atoms with Gasteiger partial charge in [-0.3, -0.25) is 4.79 Å². The van der Waals surface area contributed by atoms with Crippen LogP contribution in [0.5, 0.6) is 0 Å². The predicted octanol–water partition coefficient (Wildman–Crippen LogP) is 2.29. The summed E-state index contributed by atoms with van der Waals surface area (Å²) < 4.78 is 0. The molecule has 6 nitrogen and oxygen atoms in total. The zero-order chi connectivity index (χ0) is 16.8. The minimum atomic E-state index is -0.347. The SMILES string of the molecule is C[C@H](Sc1nc(N)c(C#N)cc1C#N)C(=O)N1CCCCCC1. The molecular weight excluding hydrogens is 310 g/mol. The summed E-state index contributed by atoms with van der Waals surface area (Å²) in [6.45, 7) is 3.39. The molecule has 0 aromatic carbocycles. The standard InChI is InChI=1S/C16H19N5OS/c1-11(16(22)21-6-4-2-3-5-7-21)23-15-13(10-18)8-12(9-17)14(19)20-15/h8,11H,2-7H2,1H3,(H2,19,20)/t11-/m0/s1. The van der Waals surface area contributed by atoms with Gasteiger partial charge in [-0.05, 0) is 25.8 Å². The molecule has 120 valence electrons. The Kier molecular flexibility index (Phi) is 5.84. The molecule has 0 saturated carbocycles. The Morgan fingerprint density at radius 3 is 2.43 bits per heavy atom. The number of anilines is 1. The van der Waals surface area contributed by atoms with Gasteiger partial charge >= 0.3 is 0 Å². The molecule has 1 aliphatic heterocycles. The molecule has 0 unspecified atom stereocenters. The fraction of sp³-hybridized carbons (Fsp3) is 0.500. The number of amides is 1. The Balaban J connectivity index is 2.15. The summed E-state index contributed by atoms with van der Waals surface area (Å²) in [7, 11) is 0. The summed E-state index contributed by atoms with van der Waals surface area (Å²) in [6, 6.07) is 5.35. The lowest BCUT2D eigenvalue weighted by molar-refractivity contribution is -0.130. The molecule has 1 fully saturated rings. The Hall–Kier alpha value is -2.25. The Labute approximate surface area is 140 Å². The van der Waals surface area contributed by atoms with Gasteiger partial charge in [0.15, 0.2) is 0 Å². The zero-order valence-electron chi connectivity index (χ0n) is 13.1. The number of nitrogens with zero attached hydrogens (tertiary/aromatic N) is 4. The Morgan fingerprint density at radius 1 is 1.26 bits per heavy atom. The van der Waals surface area contributed by atoms with Gasteiger partial charge < -0.3 is 10.6 Å². The molecule has 0 aliphatic carbocycles. The zero-order valence-corrected chi connectivity index (χ0v) is 13.9. The van der Waals surface area contributed by atoms with E-state index < -0.39 is 0 Å². The van der Waals surface area contributed by atoms with Crippen molar-refractivity contribution < 1.29 is 4.79 Å². The summed E-state index contributed by atoms with van der Waals surface area (Å²) in [4.78, 5) is 18.6. The maximum absolute atomic E-state index is 12.6. The van der Waals surface area contributed by atoms with Crippen molar-refractivity contribution in [1.82, 2.24) is 9.88 Å². The lowest BCUT2D eigenvalue weighted by Crippen LogP contribution is -2.37. The topological polar surface area (TPSA) is 107 Å². The molecule has 1 aliphatic rings. The van der Waals surface area contributed by atoms with Gasteiger partial charge in [0.2, 0.25) is 5.91 Å². The minimum absolute atomic E-state index is 0.0607. The number of carbonyl (C=O) groups excluding carboxylic acids is 1. The van der Waals surface area contributed by atoms with E-state index in [1.165, 1.54) is 17.8 Å². The van der Waals surface area contributed by atoms with E-state index in [9.17, 15) is 10.1 Å². The number of pyridine rings is 1. The lowest BCUT2D eigenvalue weighted by Gasteiger charge is -2.23. The van der Waals surface area contributed by atoms with Crippen molar-refractivity contribution in [3.05, 3.63) is 17.2 Å². The van der Waals surface area contributed by atoms with Crippen LogP contribution in [-0.2, 0) is 4.79 Å². The highest BCUT2D eigenvalue weighted by molar-refractivity contribution is 8.00. The van der Waals surface area contributed by atoms with Crippen molar-refractivity contribution in [2.24, 2.45) is 0 Å². The highest BCUT2D eigenvalue weighted by atomic mass is 32.2. The second-order valence-electron chi connectivity index (χ2n) is 5.50. The van der Waals surface area contributed by atoms with E-state index in [1.807, 2.05) is 24.0 Å². The van der Waals surface area contributed by atoms with Crippen molar-refractivity contribution in [3.63, 3.8) is 0 Å². The van der Waals surface area contributed by atoms with Crippen LogP contribution in [0.4, 0.5) is 5.82 Å². The number of nitrogens with two attached hydrogens (primary N) is 1. The molecule has 1 amide bonds. The molecule has 2 N–H and O–H groups in total. The molecule has 0 bridgehead atoms. The van der Waals surface area contributed by atoms with E-state index in [2.05, 4.69) is 4.98 Å². The van der Waals surface area contributed by atoms with Crippen LogP contribution in [0.25, 0.3) is 0 Å².